The Balaban J connectivity index is 2.49. The molecule has 3 nitrogen and oxygen atoms in total. The molecule has 0 unspecified atom stereocenters. The summed E-state index contributed by atoms with van der Waals surface area (Å²) in [6, 6.07) is 7.79. The van der Waals surface area contributed by atoms with Crippen LogP contribution in [0.5, 0.6) is 5.75 Å². The number of nitrogens with zero attached hydrogens (tertiary/aromatic N) is 2. The van der Waals surface area contributed by atoms with Gasteiger partial charge in [-0.05, 0) is 43.0 Å². The Kier molecular flexibility index (Phi) is 4.61. The summed E-state index contributed by atoms with van der Waals surface area (Å²) in [4.78, 5) is 8.93. The van der Waals surface area contributed by atoms with E-state index in [0.29, 0.717) is 16.9 Å². The Morgan fingerprint density at radius 1 is 1.20 bits per heavy atom. The molecule has 0 bridgehead atoms. The lowest BCUT2D eigenvalue weighted by Crippen LogP contribution is -2.01. The van der Waals surface area contributed by atoms with E-state index in [1.165, 1.54) is 0 Å². The number of hydrogen-bond donors (Lipinski definition) is 0. The average Bonchev–Trinajstić information content (AvgIpc) is 2.36. The van der Waals surface area contributed by atoms with Crippen molar-refractivity contribution in [3.63, 3.8) is 0 Å². The molecule has 1 aromatic carbocycles. The minimum Gasteiger partial charge on any atom is -0.496 e. The number of benzene rings is 1. The largest absolute Gasteiger partial charge is 0.496 e. The van der Waals surface area contributed by atoms with Gasteiger partial charge in [-0.1, -0.05) is 31.5 Å². The van der Waals surface area contributed by atoms with E-state index in [9.17, 15) is 0 Å². The van der Waals surface area contributed by atoms with Gasteiger partial charge in [-0.25, -0.2) is 9.97 Å². The van der Waals surface area contributed by atoms with Gasteiger partial charge in [-0.2, -0.15) is 0 Å². The molecule has 2 aromatic rings. The van der Waals surface area contributed by atoms with Crippen LogP contribution < -0.4 is 4.74 Å². The molecular formula is C16H19ClN2O. The van der Waals surface area contributed by atoms with Crippen molar-refractivity contribution in [3.05, 3.63) is 40.7 Å². The monoisotopic (exact) mass is 290 g/mol. The normalized spacial score (nSPS) is 10.9. The fourth-order valence-corrected chi connectivity index (χ4v) is 2.30. The van der Waals surface area contributed by atoms with Gasteiger partial charge in [0.05, 0.1) is 12.7 Å². The standard InChI is InChI=1S/C16H19ClN2O/c1-10(2)7-12-9-15(17)19-16(18-12)13-6-5-11(3)8-14(13)20-4/h5-6,8-10H,7H2,1-4H3. The second kappa shape index (κ2) is 6.23. The smallest absolute Gasteiger partial charge is 0.164 e. The summed E-state index contributed by atoms with van der Waals surface area (Å²) in [6.45, 7) is 6.33. The van der Waals surface area contributed by atoms with Gasteiger partial charge in [0.1, 0.15) is 10.9 Å². The van der Waals surface area contributed by atoms with Crippen LogP contribution in [0.2, 0.25) is 5.15 Å². The molecule has 0 aliphatic carbocycles. The van der Waals surface area contributed by atoms with Crippen molar-refractivity contribution in [2.75, 3.05) is 7.11 Å². The van der Waals surface area contributed by atoms with E-state index < -0.39 is 0 Å². The first-order valence-electron chi connectivity index (χ1n) is 6.68. The summed E-state index contributed by atoms with van der Waals surface area (Å²) in [7, 11) is 1.65. The molecule has 20 heavy (non-hydrogen) atoms. The highest BCUT2D eigenvalue weighted by Crippen LogP contribution is 2.29. The molecule has 1 aromatic heterocycles. The molecule has 0 spiro atoms. The van der Waals surface area contributed by atoms with E-state index >= 15 is 0 Å². The van der Waals surface area contributed by atoms with Crippen LogP contribution in [0.4, 0.5) is 0 Å². The lowest BCUT2D eigenvalue weighted by atomic mass is 10.1. The van der Waals surface area contributed by atoms with Crippen LogP contribution in [0, 0.1) is 12.8 Å². The van der Waals surface area contributed by atoms with Crippen LogP contribution in [0.1, 0.15) is 25.1 Å². The van der Waals surface area contributed by atoms with Gasteiger partial charge < -0.3 is 4.74 Å². The van der Waals surface area contributed by atoms with E-state index in [1.54, 1.807) is 7.11 Å². The Morgan fingerprint density at radius 3 is 2.60 bits per heavy atom. The Morgan fingerprint density at radius 2 is 1.95 bits per heavy atom. The summed E-state index contributed by atoms with van der Waals surface area (Å²) in [5.74, 6) is 1.90. The van der Waals surface area contributed by atoms with Gasteiger partial charge in [-0.3, -0.25) is 0 Å². The number of aromatic nitrogens is 2. The van der Waals surface area contributed by atoms with Crippen LogP contribution in [0.25, 0.3) is 11.4 Å². The second-order valence-corrected chi connectivity index (χ2v) is 5.69. The Hall–Kier alpha value is -1.61. The van der Waals surface area contributed by atoms with E-state index in [1.807, 2.05) is 31.2 Å². The number of rotatable bonds is 4. The fraction of sp³-hybridized carbons (Fsp3) is 0.375. The first-order valence-corrected chi connectivity index (χ1v) is 7.06. The first kappa shape index (κ1) is 14.8. The molecule has 0 fully saturated rings. The summed E-state index contributed by atoms with van der Waals surface area (Å²) in [6.07, 6.45) is 0.878. The summed E-state index contributed by atoms with van der Waals surface area (Å²) < 4.78 is 5.42. The number of methoxy groups -OCH3 is 1. The average molecular weight is 291 g/mol. The molecule has 0 radical (unpaired) electrons. The molecule has 1 heterocycles. The predicted molar refractivity (Wildman–Crippen MR) is 82.3 cm³/mol. The van der Waals surface area contributed by atoms with Gasteiger partial charge in [0.25, 0.3) is 0 Å². The molecule has 0 atom stereocenters. The van der Waals surface area contributed by atoms with Crippen molar-refractivity contribution in [1.29, 1.82) is 0 Å². The number of aryl methyl sites for hydroxylation is 1. The van der Waals surface area contributed by atoms with Crippen LogP contribution in [-0.4, -0.2) is 17.1 Å². The number of ether oxygens (including phenoxy) is 1. The molecule has 4 heteroatoms. The van der Waals surface area contributed by atoms with Gasteiger partial charge in [0.15, 0.2) is 5.82 Å². The van der Waals surface area contributed by atoms with Crippen LogP contribution in [0.15, 0.2) is 24.3 Å². The SMILES string of the molecule is COc1cc(C)ccc1-c1nc(Cl)cc(CC(C)C)n1. The lowest BCUT2D eigenvalue weighted by molar-refractivity contribution is 0.416. The lowest BCUT2D eigenvalue weighted by Gasteiger charge is -2.11. The van der Waals surface area contributed by atoms with E-state index in [-0.39, 0.29) is 0 Å². The summed E-state index contributed by atoms with van der Waals surface area (Å²) in [5.41, 5.74) is 2.96. The molecule has 2 rings (SSSR count). The summed E-state index contributed by atoms with van der Waals surface area (Å²) >= 11 is 6.12. The van der Waals surface area contributed by atoms with Crippen molar-refractivity contribution < 1.29 is 4.74 Å². The third-order valence-corrected chi connectivity index (χ3v) is 3.16. The quantitative estimate of drug-likeness (QED) is 0.787. The first-order chi connectivity index (χ1) is 9.49. The molecule has 0 saturated carbocycles. The maximum atomic E-state index is 6.12. The highest BCUT2D eigenvalue weighted by molar-refractivity contribution is 6.29. The Labute approximate surface area is 125 Å². The zero-order valence-electron chi connectivity index (χ0n) is 12.3. The molecular weight excluding hydrogens is 272 g/mol. The topological polar surface area (TPSA) is 35.0 Å². The third kappa shape index (κ3) is 3.48. The maximum absolute atomic E-state index is 6.12. The number of halogens is 1. The van der Waals surface area contributed by atoms with Gasteiger partial charge in [-0.15, -0.1) is 0 Å². The van der Waals surface area contributed by atoms with Crippen molar-refractivity contribution in [1.82, 2.24) is 9.97 Å². The van der Waals surface area contributed by atoms with Crippen molar-refractivity contribution in [2.45, 2.75) is 27.2 Å². The molecule has 0 aliphatic rings. The minimum absolute atomic E-state index is 0.466. The fourth-order valence-electron chi connectivity index (χ4n) is 2.09. The minimum atomic E-state index is 0.466. The molecule has 0 saturated heterocycles. The van der Waals surface area contributed by atoms with Crippen molar-refractivity contribution in [2.24, 2.45) is 5.92 Å². The maximum Gasteiger partial charge on any atom is 0.164 e. The molecule has 0 aliphatic heterocycles. The molecule has 0 N–H and O–H groups in total. The van der Waals surface area contributed by atoms with E-state index in [4.69, 9.17) is 16.3 Å². The van der Waals surface area contributed by atoms with E-state index in [0.717, 1.165) is 29.0 Å². The van der Waals surface area contributed by atoms with Crippen LogP contribution in [0.3, 0.4) is 0 Å². The third-order valence-electron chi connectivity index (χ3n) is 2.96. The van der Waals surface area contributed by atoms with Gasteiger partial charge in [0, 0.05) is 5.69 Å². The highest BCUT2D eigenvalue weighted by atomic mass is 35.5. The van der Waals surface area contributed by atoms with Crippen LogP contribution in [-0.2, 0) is 6.42 Å². The van der Waals surface area contributed by atoms with Crippen molar-refractivity contribution >= 4 is 11.6 Å². The molecule has 106 valence electrons. The van der Waals surface area contributed by atoms with Gasteiger partial charge >= 0.3 is 0 Å². The van der Waals surface area contributed by atoms with Crippen molar-refractivity contribution in [3.8, 4) is 17.1 Å². The van der Waals surface area contributed by atoms with E-state index in [2.05, 4.69) is 23.8 Å². The second-order valence-electron chi connectivity index (χ2n) is 5.31. The predicted octanol–water partition coefficient (Wildman–Crippen LogP) is 4.31. The summed E-state index contributed by atoms with van der Waals surface area (Å²) in [5, 5.41) is 0.466. The Bertz CT molecular complexity index is 611. The molecule has 0 amide bonds. The zero-order valence-corrected chi connectivity index (χ0v) is 13.0. The highest BCUT2D eigenvalue weighted by Gasteiger charge is 2.12. The van der Waals surface area contributed by atoms with Gasteiger partial charge in [0.2, 0.25) is 0 Å². The van der Waals surface area contributed by atoms with Crippen LogP contribution >= 0.6 is 11.6 Å². The number of hydrogen-bond acceptors (Lipinski definition) is 3. The zero-order chi connectivity index (χ0) is 14.7.